The van der Waals surface area contributed by atoms with E-state index in [9.17, 15) is 17.6 Å². The molecule has 0 radical (unpaired) electrons. The van der Waals surface area contributed by atoms with E-state index < -0.39 is 17.7 Å². The molecule has 0 spiro atoms. The first-order chi connectivity index (χ1) is 7.80. The molecule has 0 aliphatic carbocycles. The molecule has 2 rings (SSSR count). The fourth-order valence-electron chi connectivity index (χ4n) is 1.31. The van der Waals surface area contributed by atoms with Crippen molar-refractivity contribution in [3.8, 4) is 0 Å². The van der Waals surface area contributed by atoms with Gasteiger partial charge in [0, 0.05) is 4.90 Å². The SMILES string of the molecule is NC1(OC(F)C(F)(F)F)Nc2ccccc2S1. The van der Waals surface area contributed by atoms with Crippen molar-refractivity contribution in [3.63, 3.8) is 0 Å². The van der Waals surface area contributed by atoms with E-state index in [0.717, 1.165) is 11.8 Å². The minimum Gasteiger partial charge on any atom is -0.335 e. The summed E-state index contributed by atoms with van der Waals surface area (Å²) in [7, 11) is 0. The van der Waals surface area contributed by atoms with E-state index in [2.05, 4.69) is 10.1 Å². The number of para-hydroxylation sites is 1. The zero-order valence-electron chi connectivity index (χ0n) is 8.29. The van der Waals surface area contributed by atoms with E-state index in [0.29, 0.717) is 10.6 Å². The maximum Gasteiger partial charge on any atom is 0.445 e. The predicted molar refractivity (Wildman–Crippen MR) is 54.9 cm³/mol. The van der Waals surface area contributed by atoms with E-state index in [4.69, 9.17) is 5.73 Å². The molecule has 0 aromatic heterocycles. The van der Waals surface area contributed by atoms with Gasteiger partial charge in [0.2, 0.25) is 0 Å². The summed E-state index contributed by atoms with van der Waals surface area (Å²) in [5, 5.41) is 0.547. The Morgan fingerprint density at radius 2 is 2.00 bits per heavy atom. The summed E-state index contributed by atoms with van der Waals surface area (Å²) in [6, 6.07) is 6.62. The van der Waals surface area contributed by atoms with E-state index in [1.807, 2.05) is 0 Å². The van der Waals surface area contributed by atoms with Gasteiger partial charge in [-0.2, -0.15) is 13.2 Å². The van der Waals surface area contributed by atoms with Gasteiger partial charge in [0.1, 0.15) is 0 Å². The number of hydrogen-bond donors (Lipinski definition) is 2. The molecule has 2 atom stereocenters. The third-order valence-corrected chi connectivity index (χ3v) is 3.07. The van der Waals surface area contributed by atoms with Crippen molar-refractivity contribution >= 4 is 17.4 Å². The molecule has 0 saturated carbocycles. The molecular weight excluding hydrogens is 260 g/mol. The quantitative estimate of drug-likeness (QED) is 0.639. The van der Waals surface area contributed by atoms with E-state index >= 15 is 0 Å². The number of rotatable bonds is 2. The van der Waals surface area contributed by atoms with Crippen LogP contribution in [-0.4, -0.2) is 17.7 Å². The maximum absolute atomic E-state index is 12.7. The van der Waals surface area contributed by atoms with E-state index in [1.54, 1.807) is 24.3 Å². The molecule has 0 bridgehead atoms. The lowest BCUT2D eigenvalue weighted by Gasteiger charge is -2.26. The van der Waals surface area contributed by atoms with Gasteiger partial charge in [0.05, 0.1) is 5.69 Å². The van der Waals surface area contributed by atoms with Crippen molar-refractivity contribution in [3.05, 3.63) is 24.3 Å². The number of thioether (sulfide) groups is 1. The number of benzene rings is 1. The van der Waals surface area contributed by atoms with Gasteiger partial charge in [-0.15, -0.1) is 0 Å². The molecule has 94 valence electrons. The van der Waals surface area contributed by atoms with Crippen molar-refractivity contribution < 1.29 is 22.3 Å². The topological polar surface area (TPSA) is 47.3 Å². The summed E-state index contributed by atoms with van der Waals surface area (Å²) in [6.07, 6.45) is -8.52. The van der Waals surface area contributed by atoms with Gasteiger partial charge >= 0.3 is 6.18 Å². The van der Waals surface area contributed by atoms with Crippen molar-refractivity contribution in [1.82, 2.24) is 0 Å². The molecule has 17 heavy (non-hydrogen) atoms. The van der Waals surface area contributed by atoms with Gasteiger partial charge < -0.3 is 5.32 Å². The van der Waals surface area contributed by atoms with Crippen LogP contribution in [0.3, 0.4) is 0 Å². The molecule has 8 heteroatoms. The molecular formula is C9H8F4N2OS. The Morgan fingerprint density at radius 3 is 2.59 bits per heavy atom. The molecule has 1 aliphatic rings. The average Bonchev–Trinajstić information content (AvgIpc) is 2.51. The van der Waals surface area contributed by atoms with Gasteiger partial charge in [-0.05, 0) is 23.9 Å². The summed E-state index contributed by atoms with van der Waals surface area (Å²) in [4.78, 5) is 0.601. The third kappa shape index (κ3) is 2.64. The second kappa shape index (κ2) is 4.04. The van der Waals surface area contributed by atoms with Gasteiger partial charge in [-0.1, -0.05) is 12.1 Å². The minimum absolute atomic E-state index is 0.509. The minimum atomic E-state index is -5.09. The smallest absolute Gasteiger partial charge is 0.335 e. The van der Waals surface area contributed by atoms with Crippen LogP contribution in [0.25, 0.3) is 0 Å². The highest BCUT2D eigenvalue weighted by Gasteiger charge is 2.48. The molecule has 1 heterocycles. The number of alkyl halides is 4. The zero-order chi connectivity index (χ0) is 12.7. The van der Waals surface area contributed by atoms with Crippen molar-refractivity contribution in [2.45, 2.75) is 22.6 Å². The second-order valence-corrected chi connectivity index (χ2v) is 4.62. The van der Waals surface area contributed by atoms with Crippen molar-refractivity contribution in [1.29, 1.82) is 0 Å². The normalized spacial score (nSPS) is 25.2. The highest BCUT2D eigenvalue weighted by molar-refractivity contribution is 8.01. The van der Waals surface area contributed by atoms with Crippen molar-refractivity contribution in [2.24, 2.45) is 5.73 Å². The molecule has 3 N–H and O–H groups in total. The number of nitrogens with one attached hydrogen (secondary N) is 1. The molecule has 0 saturated heterocycles. The Labute approximate surface area is 98.3 Å². The summed E-state index contributed by atoms with van der Waals surface area (Å²) >= 11 is 0.787. The van der Waals surface area contributed by atoms with Crippen LogP contribution < -0.4 is 11.1 Å². The molecule has 1 aromatic carbocycles. The average molecular weight is 268 g/mol. The van der Waals surface area contributed by atoms with E-state index in [1.165, 1.54) is 0 Å². The Bertz CT molecular complexity index is 401. The van der Waals surface area contributed by atoms with E-state index in [-0.39, 0.29) is 0 Å². The van der Waals surface area contributed by atoms with Gasteiger partial charge in [-0.3, -0.25) is 10.5 Å². The first-order valence-corrected chi connectivity index (χ1v) is 5.35. The third-order valence-electron chi connectivity index (χ3n) is 1.99. The molecule has 0 fully saturated rings. The Kier molecular flexibility index (Phi) is 2.96. The van der Waals surface area contributed by atoms with Crippen molar-refractivity contribution in [2.75, 3.05) is 5.32 Å². The zero-order valence-corrected chi connectivity index (χ0v) is 9.11. The van der Waals surface area contributed by atoms with Crippen LogP contribution in [0.2, 0.25) is 0 Å². The van der Waals surface area contributed by atoms with Gasteiger partial charge in [-0.25, -0.2) is 4.39 Å². The Balaban J connectivity index is 2.10. The lowest BCUT2D eigenvalue weighted by molar-refractivity contribution is -0.278. The number of nitrogens with two attached hydrogens (primary N) is 1. The van der Waals surface area contributed by atoms with Gasteiger partial charge in [0.15, 0.2) is 0 Å². The first kappa shape index (κ1) is 12.5. The van der Waals surface area contributed by atoms with Crippen LogP contribution in [0.1, 0.15) is 0 Å². The van der Waals surface area contributed by atoms with Crippen LogP contribution in [0.5, 0.6) is 0 Å². The predicted octanol–water partition coefficient (Wildman–Crippen LogP) is 2.65. The summed E-state index contributed by atoms with van der Waals surface area (Å²) in [6.45, 7) is 0. The first-order valence-electron chi connectivity index (χ1n) is 4.54. The lowest BCUT2D eigenvalue weighted by Crippen LogP contribution is -2.49. The van der Waals surface area contributed by atoms with Crippen LogP contribution in [0.4, 0.5) is 23.2 Å². The molecule has 0 amide bonds. The Morgan fingerprint density at radius 1 is 1.35 bits per heavy atom. The largest absolute Gasteiger partial charge is 0.445 e. The fraction of sp³-hybridized carbons (Fsp3) is 0.333. The molecule has 1 aliphatic heterocycles. The monoisotopic (exact) mass is 268 g/mol. The summed E-state index contributed by atoms with van der Waals surface area (Å²) in [5.41, 5.74) is 6.01. The second-order valence-electron chi connectivity index (χ2n) is 3.37. The molecule has 1 aromatic rings. The van der Waals surface area contributed by atoms with Crippen LogP contribution in [-0.2, 0) is 4.74 Å². The Hall–Kier alpha value is -0.990. The maximum atomic E-state index is 12.7. The fourth-order valence-corrected chi connectivity index (χ4v) is 2.31. The molecule has 2 unspecified atom stereocenters. The standard InChI is InChI=1S/C9H8F4N2OS/c10-7(8(11,12)13)16-9(14)15-5-3-1-2-4-6(5)17-9/h1-4,7,15H,14H2. The number of ether oxygens (including phenoxy) is 1. The highest BCUT2D eigenvalue weighted by atomic mass is 32.2. The van der Waals surface area contributed by atoms with Crippen LogP contribution in [0.15, 0.2) is 29.2 Å². The highest BCUT2D eigenvalue weighted by Crippen LogP contribution is 2.44. The lowest BCUT2D eigenvalue weighted by atomic mass is 10.3. The summed E-state index contributed by atoms with van der Waals surface area (Å²) < 4.78 is 53.0. The number of anilines is 1. The number of hydrogen-bond acceptors (Lipinski definition) is 4. The number of halogens is 4. The van der Waals surface area contributed by atoms with Crippen LogP contribution in [0, 0.1) is 0 Å². The van der Waals surface area contributed by atoms with Crippen LogP contribution >= 0.6 is 11.8 Å². The van der Waals surface area contributed by atoms with Gasteiger partial charge in [0.25, 0.3) is 11.5 Å². The molecule has 3 nitrogen and oxygen atoms in total. The number of fused-ring (bicyclic) bond motifs is 1. The summed E-state index contributed by atoms with van der Waals surface area (Å²) in [5.74, 6) is 0.